The molecule has 0 aromatic heterocycles. The monoisotopic (exact) mass is 438 g/mol. The molecule has 11 atom stereocenters. The van der Waals surface area contributed by atoms with E-state index in [0.717, 1.165) is 14.0 Å². The van der Waals surface area contributed by atoms with Crippen molar-refractivity contribution in [2.75, 3.05) is 13.7 Å². The molecule has 8 N–H and O–H groups in total. The Hall–Kier alpha value is -1.39. The lowest BCUT2D eigenvalue weighted by Crippen LogP contribution is -2.63. The van der Waals surface area contributed by atoms with Crippen LogP contribution in [0.4, 0.5) is 0 Å². The molecule has 0 bridgehead atoms. The first-order valence-corrected chi connectivity index (χ1v) is 9.14. The summed E-state index contributed by atoms with van der Waals surface area (Å²) in [6.45, 7) is 0.335. The summed E-state index contributed by atoms with van der Waals surface area (Å²) in [5.74, 6) is -2.79. The molecule has 0 unspecified atom stereocenters. The lowest BCUT2D eigenvalue weighted by molar-refractivity contribution is -0.352. The molecular formula is C17H26O13. The number of hydrogen-bond donors (Lipinski definition) is 8. The Morgan fingerprint density at radius 1 is 1.07 bits per heavy atom. The number of hydrogen-bond acceptors (Lipinski definition) is 13. The summed E-state index contributed by atoms with van der Waals surface area (Å²) in [5.41, 5.74) is -5.43. The van der Waals surface area contributed by atoms with Crippen LogP contribution in [0.25, 0.3) is 0 Å². The largest absolute Gasteiger partial charge is 0.471 e. The van der Waals surface area contributed by atoms with E-state index in [1.807, 2.05) is 0 Å². The van der Waals surface area contributed by atoms with Gasteiger partial charge in [0, 0.05) is 0 Å². The van der Waals surface area contributed by atoms with Crippen molar-refractivity contribution in [2.24, 2.45) is 5.92 Å². The van der Waals surface area contributed by atoms with Crippen LogP contribution < -0.4 is 0 Å². The standard InChI is InChI=1S/C17H26O13/c1-16(25)10-15(30-14-9(21)8(20)7(19)6(3-18)29-14)28-4-5(13(24)27-2)17(10,26)12(23)11(16)22/h4,6-12,14-15,18-23,25-26H,3H2,1-2H3/t6-,7-,8+,9-,10+,11+,12-,14+,15+,16-,17-/m0/s1. The van der Waals surface area contributed by atoms with Crippen molar-refractivity contribution in [3.05, 3.63) is 11.8 Å². The van der Waals surface area contributed by atoms with Crippen molar-refractivity contribution < 1.29 is 64.6 Å². The van der Waals surface area contributed by atoms with E-state index in [0.29, 0.717) is 6.26 Å². The van der Waals surface area contributed by atoms with Gasteiger partial charge in [0.15, 0.2) is 6.29 Å². The average molecular weight is 438 g/mol. The van der Waals surface area contributed by atoms with Gasteiger partial charge in [-0.25, -0.2) is 4.79 Å². The van der Waals surface area contributed by atoms with Gasteiger partial charge >= 0.3 is 5.97 Å². The molecule has 13 nitrogen and oxygen atoms in total. The highest BCUT2D eigenvalue weighted by Crippen LogP contribution is 2.52. The highest BCUT2D eigenvalue weighted by atomic mass is 16.8. The summed E-state index contributed by atoms with van der Waals surface area (Å²) in [6, 6.07) is 0. The van der Waals surface area contributed by atoms with Crippen LogP contribution in [0.15, 0.2) is 11.8 Å². The van der Waals surface area contributed by atoms with Crippen LogP contribution >= 0.6 is 0 Å². The maximum Gasteiger partial charge on any atom is 0.339 e. The van der Waals surface area contributed by atoms with Gasteiger partial charge in [-0.2, -0.15) is 0 Å². The average Bonchev–Trinajstić information content (AvgIpc) is 2.85. The van der Waals surface area contributed by atoms with E-state index in [-0.39, 0.29) is 0 Å². The second-order valence-corrected chi connectivity index (χ2v) is 7.78. The van der Waals surface area contributed by atoms with E-state index in [9.17, 15) is 45.6 Å². The first-order chi connectivity index (χ1) is 13.9. The lowest BCUT2D eigenvalue weighted by Gasteiger charge is -2.46. The molecule has 30 heavy (non-hydrogen) atoms. The molecule has 13 heteroatoms. The van der Waals surface area contributed by atoms with Gasteiger partial charge in [-0.15, -0.1) is 0 Å². The van der Waals surface area contributed by atoms with Crippen molar-refractivity contribution in [2.45, 2.75) is 67.3 Å². The molecule has 0 aromatic carbocycles. The van der Waals surface area contributed by atoms with Crippen molar-refractivity contribution >= 4 is 5.97 Å². The zero-order chi connectivity index (χ0) is 22.6. The van der Waals surface area contributed by atoms with Gasteiger partial charge in [-0.05, 0) is 6.92 Å². The zero-order valence-corrected chi connectivity index (χ0v) is 16.1. The molecule has 172 valence electrons. The van der Waals surface area contributed by atoms with Crippen LogP contribution in [-0.4, -0.2) is 121 Å². The number of ether oxygens (including phenoxy) is 4. The molecule has 0 amide bonds. The minimum Gasteiger partial charge on any atom is -0.471 e. The van der Waals surface area contributed by atoms with Crippen LogP contribution in [0.5, 0.6) is 0 Å². The summed E-state index contributed by atoms with van der Waals surface area (Å²) < 4.78 is 20.5. The van der Waals surface area contributed by atoms with Crippen molar-refractivity contribution in [1.29, 1.82) is 0 Å². The van der Waals surface area contributed by atoms with Crippen LogP contribution in [0.3, 0.4) is 0 Å². The summed E-state index contributed by atoms with van der Waals surface area (Å²) in [5, 5.41) is 81.9. The van der Waals surface area contributed by atoms with E-state index in [4.69, 9.17) is 14.2 Å². The molecule has 0 aromatic rings. The quantitative estimate of drug-likeness (QED) is 0.193. The second-order valence-electron chi connectivity index (χ2n) is 7.78. The number of carbonyl (C=O) groups excluding carboxylic acids is 1. The molecule has 0 radical (unpaired) electrons. The maximum absolute atomic E-state index is 12.1. The molecule has 0 spiro atoms. The molecular weight excluding hydrogens is 412 g/mol. The topological polar surface area (TPSA) is 216 Å². The Morgan fingerprint density at radius 2 is 1.70 bits per heavy atom. The molecule has 1 aliphatic carbocycles. The second kappa shape index (κ2) is 7.94. The van der Waals surface area contributed by atoms with Crippen LogP contribution in [0.2, 0.25) is 0 Å². The Bertz CT molecular complexity index is 693. The predicted octanol–water partition coefficient (Wildman–Crippen LogP) is -4.95. The van der Waals surface area contributed by atoms with Crippen molar-refractivity contribution in [3.63, 3.8) is 0 Å². The number of fused-ring (bicyclic) bond motifs is 1. The smallest absolute Gasteiger partial charge is 0.339 e. The molecule has 3 aliphatic rings. The Kier molecular flexibility index (Phi) is 6.16. The number of rotatable bonds is 4. The number of esters is 1. The minimum atomic E-state index is -2.58. The van der Waals surface area contributed by atoms with Gasteiger partial charge in [0.25, 0.3) is 0 Å². The van der Waals surface area contributed by atoms with Gasteiger partial charge in [0.2, 0.25) is 6.29 Å². The molecule has 3 rings (SSSR count). The highest BCUT2D eigenvalue weighted by Gasteiger charge is 2.72. The van der Waals surface area contributed by atoms with E-state index < -0.39 is 84.5 Å². The third kappa shape index (κ3) is 3.22. The summed E-state index contributed by atoms with van der Waals surface area (Å²) in [7, 11) is 1.01. The van der Waals surface area contributed by atoms with E-state index in [1.165, 1.54) is 0 Å². The van der Waals surface area contributed by atoms with E-state index in [2.05, 4.69) is 4.74 Å². The predicted molar refractivity (Wildman–Crippen MR) is 90.9 cm³/mol. The summed E-state index contributed by atoms with van der Waals surface area (Å²) >= 11 is 0. The molecule has 2 fully saturated rings. The summed E-state index contributed by atoms with van der Waals surface area (Å²) in [4.78, 5) is 12.1. The van der Waals surface area contributed by atoms with Gasteiger partial charge in [0.1, 0.15) is 59.7 Å². The van der Waals surface area contributed by atoms with Gasteiger partial charge in [-0.1, -0.05) is 0 Å². The summed E-state index contributed by atoms with van der Waals surface area (Å²) in [6.07, 6.45) is -13.3. The Balaban J connectivity index is 1.96. The van der Waals surface area contributed by atoms with Crippen LogP contribution in [0.1, 0.15) is 6.92 Å². The SMILES string of the molecule is COC(=O)C1=CO[C@H](O[C@H]2O[C@@H](CO)[C@H](O)[C@@H](O)[C@@H]2O)[C@@H]2[C@](C)(O)[C@H](O)[C@H](O)[C@]12O. The van der Waals surface area contributed by atoms with Crippen LogP contribution in [0, 0.1) is 5.92 Å². The fraction of sp³-hybridized carbons (Fsp3) is 0.824. The minimum absolute atomic E-state index is 0.590. The normalized spacial score (nSPS) is 51.0. The van der Waals surface area contributed by atoms with E-state index >= 15 is 0 Å². The molecule has 1 saturated heterocycles. The molecule has 2 heterocycles. The first kappa shape index (κ1) is 23.3. The Morgan fingerprint density at radius 3 is 2.27 bits per heavy atom. The zero-order valence-electron chi connectivity index (χ0n) is 16.1. The number of aliphatic hydroxyl groups excluding tert-OH is 6. The molecule has 2 aliphatic heterocycles. The lowest BCUT2D eigenvalue weighted by atomic mass is 9.76. The first-order valence-electron chi connectivity index (χ1n) is 9.14. The van der Waals surface area contributed by atoms with Crippen molar-refractivity contribution in [1.82, 2.24) is 0 Å². The number of aliphatic hydroxyl groups is 8. The highest BCUT2D eigenvalue weighted by molar-refractivity contribution is 5.91. The van der Waals surface area contributed by atoms with Gasteiger partial charge in [-0.3, -0.25) is 0 Å². The van der Waals surface area contributed by atoms with Crippen LogP contribution in [-0.2, 0) is 23.7 Å². The van der Waals surface area contributed by atoms with E-state index in [1.54, 1.807) is 0 Å². The number of carbonyl (C=O) groups is 1. The third-order valence-electron chi connectivity index (χ3n) is 6.00. The maximum atomic E-state index is 12.1. The van der Waals surface area contributed by atoms with Gasteiger partial charge < -0.3 is 59.8 Å². The molecule has 1 saturated carbocycles. The fourth-order valence-electron chi connectivity index (χ4n) is 4.24. The van der Waals surface area contributed by atoms with Crippen molar-refractivity contribution in [3.8, 4) is 0 Å². The Labute approximate surface area is 170 Å². The third-order valence-corrected chi connectivity index (χ3v) is 6.00. The van der Waals surface area contributed by atoms with Gasteiger partial charge in [0.05, 0.1) is 19.6 Å². The fourth-order valence-corrected chi connectivity index (χ4v) is 4.24. The number of methoxy groups -OCH3 is 1.